The minimum absolute atomic E-state index is 0.0139. The van der Waals surface area contributed by atoms with E-state index in [0.29, 0.717) is 27.7 Å². The van der Waals surface area contributed by atoms with Gasteiger partial charge in [0.25, 0.3) is 5.91 Å². The average Bonchev–Trinajstić information content (AvgIpc) is 2.92. The third kappa shape index (κ3) is 3.43. The quantitative estimate of drug-likeness (QED) is 0.640. The minimum Gasteiger partial charge on any atom is -0.494 e. The van der Waals surface area contributed by atoms with Crippen LogP contribution >= 0.6 is 0 Å². The van der Waals surface area contributed by atoms with Gasteiger partial charge in [-0.05, 0) is 37.6 Å². The Morgan fingerprint density at radius 2 is 1.85 bits per heavy atom. The van der Waals surface area contributed by atoms with E-state index in [-0.39, 0.29) is 24.7 Å². The number of halogens is 1. The molecule has 0 saturated heterocycles. The summed E-state index contributed by atoms with van der Waals surface area (Å²) in [5.41, 5.74) is 2.04. The van der Waals surface area contributed by atoms with Crippen molar-refractivity contribution in [3.05, 3.63) is 65.1 Å². The normalized spacial score (nSPS) is 10.8. The molecule has 0 aliphatic heterocycles. The zero-order chi connectivity index (χ0) is 19.6. The maximum Gasteiger partial charge on any atom is 0.310 e. The fourth-order valence-corrected chi connectivity index (χ4v) is 3.19. The Labute approximate surface area is 156 Å². The summed E-state index contributed by atoms with van der Waals surface area (Å²) in [5, 5.41) is 0.586. The summed E-state index contributed by atoms with van der Waals surface area (Å²) in [5.74, 6) is -1.22. The number of fused-ring (bicyclic) bond motifs is 1. The first kappa shape index (κ1) is 18.6. The Hall–Kier alpha value is -3.15. The van der Waals surface area contributed by atoms with E-state index >= 15 is 0 Å². The summed E-state index contributed by atoms with van der Waals surface area (Å²) in [6.07, 6.45) is -0.0139. The van der Waals surface area contributed by atoms with Crippen molar-refractivity contribution in [2.45, 2.75) is 20.3 Å². The Kier molecular flexibility index (Phi) is 5.26. The highest BCUT2D eigenvalue weighted by molar-refractivity contribution is 6.05. The van der Waals surface area contributed by atoms with Crippen molar-refractivity contribution >= 4 is 22.8 Å². The first-order chi connectivity index (χ1) is 13.0. The second-order valence-corrected chi connectivity index (χ2v) is 6.06. The number of ether oxygens (including phenoxy) is 2. The Morgan fingerprint density at radius 3 is 2.48 bits per heavy atom. The van der Waals surface area contributed by atoms with Crippen LogP contribution < -0.4 is 4.74 Å². The van der Waals surface area contributed by atoms with Gasteiger partial charge >= 0.3 is 5.97 Å². The van der Waals surface area contributed by atoms with E-state index in [2.05, 4.69) is 0 Å². The zero-order valence-electron chi connectivity index (χ0n) is 15.4. The van der Waals surface area contributed by atoms with Crippen molar-refractivity contribution in [2.24, 2.45) is 0 Å². The molecule has 3 aromatic rings. The van der Waals surface area contributed by atoms with Crippen LogP contribution in [0.25, 0.3) is 10.9 Å². The summed E-state index contributed by atoms with van der Waals surface area (Å²) in [7, 11) is 1.37. The van der Waals surface area contributed by atoms with E-state index in [4.69, 9.17) is 9.47 Å². The van der Waals surface area contributed by atoms with Gasteiger partial charge in [0.15, 0.2) is 11.6 Å². The lowest BCUT2D eigenvalue weighted by Gasteiger charge is -2.08. The van der Waals surface area contributed by atoms with Crippen LogP contribution in [0.5, 0.6) is 5.75 Å². The maximum atomic E-state index is 14.3. The molecule has 0 saturated carbocycles. The van der Waals surface area contributed by atoms with Gasteiger partial charge < -0.3 is 9.47 Å². The summed E-state index contributed by atoms with van der Waals surface area (Å²) in [4.78, 5) is 25.1. The smallest absolute Gasteiger partial charge is 0.310 e. The van der Waals surface area contributed by atoms with Gasteiger partial charge in [0.05, 0.1) is 25.7 Å². The van der Waals surface area contributed by atoms with Crippen LogP contribution in [-0.2, 0) is 16.0 Å². The molecule has 0 aliphatic carbocycles. The van der Waals surface area contributed by atoms with Gasteiger partial charge in [-0.1, -0.05) is 18.2 Å². The molecular weight excluding hydrogens is 349 g/mol. The first-order valence-corrected chi connectivity index (χ1v) is 8.60. The number of esters is 1. The van der Waals surface area contributed by atoms with Crippen molar-refractivity contribution < 1.29 is 23.5 Å². The van der Waals surface area contributed by atoms with Crippen LogP contribution in [0.3, 0.4) is 0 Å². The van der Waals surface area contributed by atoms with E-state index in [9.17, 15) is 14.0 Å². The largest absolute Gasteiger partial charge is 0.494 e. The number of hydrogen-bond acceptors (Lipinski definition) is 4. The van der Waals surface area contributed by atoms with Crippen molar-refractivity contribution in [1.29, 1.82) is 0 Å². The van der Waals surface area contributed by atoms with Gasteiger partial charge in [-0.25, -0.2) is 4.39 Å². The zero-order valence-corrected chi connectivity index (χ0v) is 15.4. The van der Waals surface area contributed by atoms with Gasteiger partial charge in [-0.2, -0.15) is 0 Å². The molecular formula is C21H20FNO4. The van der Waals surface area contributed by atoms with Crippen molar-refractivity contribution in [3.8, 4) is 5.75 Å². The van der Waals surface area contributed by atoms with Crippen LogP contribution in [0.1, 0.15) is 28.5 Å². The second kappa shape index (κ2) is 7.61. The second-order valence-electron chi connectivity index (χ2n) is 6.06. The molecule has 0 amide bonds. The molecule has 6 heteroatoms. The van der Waals surface area contributed by atoms with E-state index in [0.717, 1.165) is 0 Å². The molecule has 0 atom stereocenters. The molecule has 27 heavy (non-hydrogen) atoms. The third-order valence-electron chi connectivity index (χ3n) is 4.46. The van der Waals surface area contributed by atoms with Gasteiger partial charge in [0, 0.05) is 22.7 Å². The van der Waals surface area contributed by atoms with Crippen LogP contribution in [0.15, 0.2) is 42.5 Å². The van der Waals surface area contributed by atoms with E-state index in [1.54, 1.807) is 38.1 Å². The molecule has 1 heterocycles. The van der Waals surface area contributed by atoms with E-state index in [1.807, 2.05) is 6.07 Å². The highest BCUT2D eigenvalue weighted by atomic mass is 19.1. The standard InChI is InChI=1S/C21H20FNO4/c1-4-27-20(24)11-15-13(2)23(21(25)14-8-6-5-7-9-14)18-12-17(22)19(26-3)10-16(15)18/h5-10,12H,4,11H2,1-3H3. The SMILES string of the molecule is CCOC(=O)Cc1c(C)n(C(=O)c2ccccc2)c2cc(F)c(OC)cc12. The summed E-state index contributed by atoms with van der Waals surface area (Å²) < 4.78 is 25.9. The Bertz CT molecular complexity index is 1010. The molecule has 1 aromatic heterocycles. The lowest BCUT2D eigenvalue weighted by molar-refractivity contribution is -0.142. The topological polar surface area (TPSA) is 57.5 Å². The molecule has 5 nitrogen and oxygen atoms in total. The van der Waals surface area contributed by atoms with Crippen LogP contribution in [-0.4, -0.2) is 30.2 Å². The van der Waals surface area contributed by atoms with Crippen molar-refractivity contribution in [2.75, 3.05) is 13.7 Å². The number of rotatable bonds is 5. The van der Waals surface area contributed by atoms with Crippen LogP contribution in [0, 0.1) is 12.7 Å². The fourth-order valence-electron chi connectivity index (χ4n) is 3.19. The summed E-state index contributed by atoms with van der Waals surface area (Å²) >= 11 is 0. The number of carbonyl (C=O) groups is 2. The molecule has 0 N–H and O–H groups in total. The average molecular weight is 369 g/mol. The van der Waals surface area contributed by atoms with Gasteiger partial charge in [0.2, 0.25) is 0 Å². The fraction of sp³-hybridized carbons (Fsp3) is 0.238. The maximum absolute atomic E-state index is 14.3. The Morgan fingerprint density at radius 1 is 1.15 bits per heavy atom. The number of nitrogens with zero attached hydrogens (tertiary/aromatic N) is 1. The summed E-state index contributed by atoms with van der Waals surface area (Å²) in [6, 6.07) is 11.5. The number of aromatic nitrogens is 1. The number of carbonyl (C=O) groups excluding carboxylic acids is 2. The molecule has 0 spiro atoms. The van der Waals surface area contributed by atoms with Gasteiger partial charge in [-0.15, -0.1) is 0 Å². The Balaban J connectivity index is 2.24. The number of methoxy groups -OCH3 is 1. The van der Waals surface area contributed by atoms with Crippen LogP contribution in [0.2, 0.25) is 0 Å². The predicted octanol–water partition coefficient (Wildman–Crippen LogP) is 3.89. The lowest BCUT2D eigenvalue weighted by Crippen LogP contribution is -2.14. The van der Waals surface area contributed by atoms with Gasteiger partial charge in [0.1, 0.15) is 0 Å². The first-order valence-electron chi connectivity index (χ1n) is 8.60. The van der Waals surface area contributed by atoms with Gasteiger partial charge in [-0.3, -0.25) is 14.2 Å². The summed E-state index contributed by atoms with van der Waals surface area (Å²) in [6.45, 7) is 3.72. The van der Waals surface area contributed by atoms with E-state index < -0.39 is 11.8 Å². The van der Waals surface area contributed by atoms with Crippen molar-refractivity contribution in [1.82, 2.24) is 4.57 Å². The lowest BCUT2D eigenvalue weighted by atomic mass is 10.1. The number of benzene rings is 2. The van der Waals surface area contributed by atoms with Crippen molar-refractivity contribution in [3.63, 3.8) is 0 Å². The van der Waals surface area contributed by atoms with Crippen LogP contribution in [0.4, 0.5) is 4.39 Å². The van der Waals surface area contributed by atoms with E-state index in [1.165, 1.54) is 23.8 Å². The molecule has 2 aromatic carbocycles. The molecule has 140 valence electrons. The molecule has 0 radical (unpaired) electrons. The third-order valence-corrected chi connectivity index (χ3v) is 4.46. The molecule has 0 bridgehead atoms. The highest BCUT2D eigenvalue weighted by Gasteiger charge is 2.23. The minimum atomic E-state index is -0.577. The monoisotopic (exact) mass is 369 g/mol. The number of hydrogen-bond donors (Lipinski definition) is 0. The molecule has 0 unspecified atom stereocenters. The highest BCUT2D eigenvalue weighted by Crippen LogP contribution is 2.32. The molecule has 0 aliphatic rings. The predicted molar refractivity (Wildman–Crippen MR) is 99.7 cm³/mol. The molecule has 3 rings (SSSR count). The molecule has 0 fully saturated rings.